The number of hydrogen-bond acceptors (Lipinski definition) is 4. The number of nitrogens with zero attached hydrogens (tertiary/aromatic N) is 3. The van der Waals surface area contributed by atoms with E-state index in [0.717, 1.165) is 24.2 Å². The van der Waals surface area contributed by atoms with Crippen molar-refractivity contribution in [1.29, 1.82) is 0 Å². The quantitative estimate of drug-likeness (QED) is 0.870. The van der Waals surface area contributed by atoms with Gasteiger partial charge in [0.1, 0.15) is 5.82 Å². The summed E-state index contributed by atoms with van der Waals surface area (Å²) in [7, 11) is 0. The van der Waals surface area contributed by atoms with Crippen molar-refractivity contribution in [2.45, 2.75) is 19.3 Å². The molecule has 0 bridgehead atoms. The average molecular weight is 336 g/mol. The van der Waals surface area contributed by atoms with Gasteiger partial charge in [-0.05, 0) is 42.3 Å². The number of amides is 2. The molecule has 128 valence electrons. The third-order valence-corrected chi connectivity index (χ3v) is 4.11. The normalized spacial score (nSPS) is 17.0. The molecule has 1 atom stereocenters. The summed E-state index contributed by atoms with van der Waals surface area (Å²) in [4.78, 5) is 33.7. The molecular formula is C19H20N4O2. The molecule has 3 rings (SSSR count). The van der Waals surface area contributed by atoms with Gasteiger partial charge in [-0.25, -0.2) is 4.98 Å². The van der Waals surface area contributed by atoms with Gasteiger partial charge in [-0.15, -0.1) is 0 Å². The lowest BCUT2D eigenvalue weighted by atomic mass is 10.0. The van der Waals surface area contributed by atoms with Crippen molar-refractivity contribution in [2.75, 3.05) is 18.4 Å². The van der Waals surface area contributed by atoms with E-state index in [2.05, 4.69) is 15.3 Å². The zero-order chi connectivity index (χ0) is 17.6. The van der Waals surface area contributed by atoms with Crippen LogP contribution in [-0.2, 0) is 9.59 Å². The molecular weight excluding hydrogens is 316 g/mol. The fourth-order valence-electron chi connectivity index (χ4n) is 2.85. The van der Waals surface area contributed by atoms with Crippen LogP contribution < -0.4 is 5.32 Å². The Morgan fingerprint density at radius 3 is 2.80 bits per heavy atom. The summed E-state index contributed by atoms with van der Waals surface area (Å²) in [5.74, 6) is 0.623. The standard InChI is InChI=1S/C19H20N4O2/c1-14(24)22-18-7-5-15(12-21-18)6-8-19(25)23-11-9-16(13-23)17-4-2-3-10-20-17/h2-8,10,12,16H,9,11,13H2,1H3,(H,21,22,24)/b8-6+/t16-/m0/s1. The van der Waals surface area contributed by atoms with Gasteiger partial charge in [-0.1, -0.05) is 6.07 Å². The second-order valence-corrected chi connectivity index (χ2v) is 6.02. The van der Waals surface area contributed by atoms with Crippen LogP contribution in [0.4, 0.5) is 5.82 Å². The lowest BCUT2D eigenvalue weighted by Crippen LogP contribution is -2.26. The zero-order valence-electron chi connectivity index (χ0n) is 14.1. The van der Waals surface area contributed by atoms with E-state index >= 15 is 0 Å². The van der Waals surface area contributed by atoms with E-state index in [1.807, 2.05) is 29.2 Å². The highest BCUT2D eigenvalue weighted by Gasteiger charge is 2.26. The predicted octanol–water partition coefficient (Wildman–Crippen LogP) is 2.46. The maximum atomic E-state index is 12.3. The number of hydrogen-bond donors (Lipinski definition) is 1. The van der Waals surface area contributed by atoms with Crippen LogP contribution >= 0.6 is 0 Å². The first-order chi connectivity index (χ1) is 12.1. The lowest BCUT2D eigenvalue weighted by Gasteiger charge is -2.14. The van der Waals surface area contributed by atoms with Crippen molar-refractivity contribution in [3.8, 4) is 0 Å². The molecule has 2 aromatic rings. The number of carbonyl (C=O) groups is 2. The van der Waals surface area contributed by atoms with E-state index in [0.29, 0.717) is 18.3 Å². The molecule has 25 heavy (non-hydrogen) atoms. The van der Waals surface area contributed by atoms with Crippen molar-refractivity contribution in [1.82, 2.24) is 14.9 Å². The summed E-state index contributed by atoms with van der Waals surface area (Å²) in [6, 6.07) is 9.40. The Hall–Kier alpha value is -3.02. The van der Waals surface area contributed by atoms with Gasteiger partial charge in [0.25, 0.3) is 0 Å². The Labute approximate surface area is 146 Å². The van der Waals surface area contributed by atoms with E-state index in [9.17, 15) is 9.59 Å². The molecule has 6 nitrogen and oxygen atoms in total. The van der Waals surface area contributed by atoms with Gasteiger partial charge in [0.05, 0.1) is 0 Å². The van der Waals surface area contributed by atoms with Gasteiger partial charge in [0.15, 0.2) is 0 Å². The Bertz CT molecular complexity index is 772. The second kappa shape index (κ2) is 7.70. The SMILES string of the molecule is CC(=O)Nc1ccc(/C=C/C(=O)N2CC[C@H](c3ccccn3)C2)cn1. The fraction of sp³-hybridized carbons (Fsp3) is 0.263. The molecule has 0 saturated carbocycles. The molecule has 6 heteroatoms. The fourth-order valence-corrected chi connectivity index (χ4v) is 2.85. The first kappa shape index (κ1) is 16.8. The largest absolute Gasteiger partial charge is 0.338 e. The molecule has 2 amide bonds. The van der Waals surface area contributed by atoms with Crippen LogP contribution in [0.25, 0.3) is 6.08 Å². The molecule has 1 N–H and O–H groups in total. The van der Waals surface area contributed by atoms with Crippen LogP contribution in [0.5, 0.6) is 0 Å². The van der Waals surface area contributed by atoms with Gasteiger partial charge >= 0.3 is 0 Å². The van der Waals surface area contributed by atoms with Crippen molar-refractivity contribution >= 4 is 23.7 Å². The Morgan fingerprint density at radius 2 is 2.12 bits per heavy atom. The van der Waals surface area contributed by atoms with Gasteiger partial charge < -0.3 is 10.2 Å². The van der Waals surface area contributed by atoms with E-state index < -0.39 is 0 Å². The lowest BCUT2D eigenvalue weighted by molar-refractivity contribution is -0.125. The minimum absolute atomic E-state index is 0.00984. The van der Waals surface area contributed by atoms with E-state index in [4.69, 9.17) is 0 Å². The molecule has 1 aliphatic heterocycles. The molecule has 2 aromatic heterocycles. The number of pyridine rings is 2. The predicted molar refractivity (Wildman–Crippen MR) is 95.7 cm³/mol. The summed E-state index contributed by atoms with van der Waals surface area (Å²) >= 11 is 0. The van der Waals surface area contributed by atoms with Gasteiger partial charge in [-0.3, -0.25) is 14.6 Å². The number of rotatable bonds is 4. The molecule has 0 aliphatic carbocycles. The maximum Gasteiger partial charge on any atom is 0.246 e. The van der Waals surface area contributed by atoms with Crippen molar-refractivity contribution in [2.24, 2.45) is 0 Å². The number of nitrogens with one attached hydrogen (secondary N) is 1. The molecule has 3 heterocycles. The zero-order valence-corrected chi connectivity index (χ0v) is 14.1. The topological polar surface area (TPSA) is 75.2 Å². The van der Waals surface area contributed by atoms with Gasteiger partial charge in [0.2, 0.25) is 11.8 Å². The van der Waals surface area contributed by atoms with Crippen LogP contribution in [0.15, 0.2) is 48.8 Å². The highest BCUT2D eigenvalue weighted by Crippen LogP contribution is 2.25. The highest BCUT2D eigenvalue weighted by molar-refractivity contribution is 5.92. The average Bonchev–Trinajstić information content (AvgIpc) is 3.11. The Morgan fingerprint density at radius 1 is 1.24 bits per heavy atom. The summed E-state index contributed by atoms with van der Waals surface area (Å²) in [5.41, 5.74) is 1.85. The Balaban J connectivity index is 1.57. The third-order valence-electron chi connectivity index (χ3n) is 4.11. The minimum Gasteiger partial charge on any atom is -0.338 e. The molecule has 0 aromatic carbocycles. The van der Waals surface area contributed by atoms with Crippen LogP contribution in [0.3, 0.4) is 0 Å². The monoisotopic (exact) mass is 336 g/mol. The summed E-state index contributed by atoms with van der Waals surface area (Å²) in [6.07, 6.45) is 7.65. The summed E-state index contributed by atoms with van der Waals surface area (Å²) < 4.78 is 0. The van der Waals surface area contributed by atoms with Crippen molar-refractivity contribution in [3.05, 3.63) is 60.1 Å². The molecule has 1 aliphatic rings. The summed E-state index contributed by atoms with van der Waals surface area (Å²) in [6.45, 7) is 2.87. The van der Waals surface area contributed by atoms with E-state index in [1.54, 1.807) is 30.6 Å². The van der Waals surface area contributed by atoms with E-state index in [-0.39, 0.29) is 11.8 Å². The molecule has 1 fully saturated rings. The van der Waals surface area contributed by atoms with Gasteiger partial charge in [-0.2, -0.15) is 0 Å². The number of likely N-dealkylation sites (tertiary alicyclic amines) is 1. The Kier molecular flexibility index (Phi) is 5.18. The number of carbonyl (C=O) groups excluding carboxylic acids is 2. The van der Waals surface area contributed by atoms with Crippen molar-refractivity contribution < 1.29 is 9.59 Å². The number of anilines is 1. The molecule has 1 saturated heterocycles. The van der Waals surface area contributed by atoms with Crippen LogP contribution in [0.2, 0.25) is 0 Å². The second-order valence-electron chi connectivity index (χ2n) is 6.02. The smallest absolute Gasteiger partial charge is 0.246 e. The first-order valence-electron chi connectivity index (χ1n) is 8.23. The van der Waals surface area contributed by atoms with Crippen LogP contribution in [-0.4, -0.2) is 39.8 Å². The third kappa shape index (κ3) is 4.50. The minimum atomic E-state index is -0.164. The summed E-state index contributed by atoms with van der Waals surface area (Å²) in [5, 5.41) is 2.61. The highest BCUT2D eigenvalue weighted by atomic mass is 16.2. The van der Waals surface area contributed by atoms with E-state index in [1.165, 1.54) is 6.92 Å². The van der Waals surface area contributed by atoms with Crippen LogP contribution in [0.1, 0.15) is 30.5 Å². The van der Waals surface area contributed by atoms with Crippen LogP contribution in [0, 0.1) is 0 Å². The van der Waals surface area contributed by atoms with Crippen molar-refractivity contribution in [3.63, 3.8) is 0 Å². The number of aromatic nitrogens is 2. The first-order valence-corrected chi connectivity index (χ1v) is 8.23. The molecule has 0 unspecified atom stereocenters. The molecule has 0 radical (unpaired) electrons. The maximum absolute atomic E-state index is 12.3. The molecule has 0 spiro atoms. The van der Waals surface area contributed by atoms with Gasteiger partial charge in [0, 0.05) is 50.1 Å².